The normalized spacial score (nSPS) is 29.0. The highest BCUT2D eigenvalue weighted by Gasteiger charge is 2.70. The van der Waals surface area contributed by atoms with E-state index in [1.165, 1.54) is 3.97 Å². The minimum Gasteiger partial charge on any atom is -0.435 e. The van der Waals surface area contributed by atoms with Crippen LogP contribution in [0.25, 0.3) is 10.9 Å². The SMILES string of the molecule is CC1CCC(C(C)C)C(OC2OC(=O)C3C2C(c2cn(S(=O)(=O)c4ccccc4)c4ccccc24)NC32N=C(c3ccccc3)c3ccccc3N(C)C2=O)C1. The van der Waals surface area contributed by atoms with Gasteiger partial charge in [-0.1, -0.05) is 112 Å². The lowest BCUT2D eigenvalue weighted by Gasteiger charge is -2.39. The van der Waals surface area contributed by atoms with Gasteiger partial charge in [-0.3, -0.25) is 19.9 Å². The summed E-state index contributed by atoms with van der Waals surface area (Å²) >= 11 is 0. The number of benzene rings is 4. The third-order valence-electron chi connectivity index (χ3n) is 12.5. The third-order valence-corrected chi connectivity index (χ3v) is 14.2. The summed E-state index contributed by atoms with van der Waals surface area (Å²) in [5, 5.41) is 4.31. The van der Waals surface area contributed by atoms with E-state index in [0.717, 1.165) is 30.4 Å². The van der Waals surface area contributed by atoms with Gasteiger partial charge in [-0.2, -0.15) is 0 Å². The number of hydrogen-bond donors (Lipinski definition) is 1. The number of fused-ring (bicyclic) bond motifs is 4. The van der Waals surface area contributed by atoms with Gasteiger partial charge >= 0.3 is 5.97 Å². The van der Waals surface area contributed by atoms with Gasteiger partial charge in [0.1, 0.15) is 5.92 Å². The second-order valence-corrected chi connectivity index (χ2v) is 18.0. The fourth-order valence-electron chi connectivity index (χ4n) is 9.71. The van der Waals surface area contributed by atoms with Gasteiger partial charge in [0.15, 0.2) is 0 Å². The average Bonchev–Trinajstić information content (AvgIpc) is 3.86. The fourth-order valence-corrected chi connectivity index (χ4v) is 11.1. The van der Waals surface area contributed by atoms with Gasteiger partial charge in [-0.25, -0.2) is 12.4 Å². The molecule has 0 bridgehead atoms. The molecule has 4 aromatic carbocycles. The number of aromatic nitrogens is 1. The molecule has 288 valence electrons. The van der Waals surface area contributed by atoms with E-state index in [1.54, 1.807) is 60.6 Å². The van der Waals surface area contributed by atoms with E-state index in [-0.39, 0.29) is 16.9 Å². The van der Waals surface area contributed by atoms with Crippen molar-refractivity contribution in [2.75, 3.05) is 11.9 Å². The van der Waals surface area contributed by atoms with Crippen molar-refractivity contribution in [1.82, 2.24) is 9.29 Å². The van der Waals surface area contributed by atoms with Crippen molar-refractivity contribution in [1.29, 1.82) is 0 Å². The summed E-state index contributed by atoms with van der Waals surface area (Å²) in [5.74, 6) is -1.81. The number of cyclic esters (lactones) is 1. The van der Waals surface area contributed by atoms with Crippen LogP contribution >= 0.6 is 0 Å². The summed E-state index contributed by atoms with van der Waals surface area (Å²) in [6.45, 7) is 6.63. The molecule has 9 rings (SSSR count). The van der Waals surface area contributed by atoms with Crippen LogP contribution in [0.15, 0.2) is 125 Å². The van der Waals surface area contributed by atoms with Crippen molar-refractivity contribution in [3.63, 3.8) is 0 Å². The number of aliphatic imine (C=N–C) groups is 1. The summed E-state index contributed by atoms with van der Waals surface area (Å²) in [4.78, 5) is 37.0. The molecule has 1 aliphatic carbocycles. The van der Waals surface area contributed by atoms with Crippen LogP contribution in [0.1, 0.15) is 62.8 Å². The number of nitrogens with one attached hydrogen (secondary N) is 1. The third kappa shape index (κ3) is 5.73. The van der Waals surface area contributed by atoms with Gasteiger partial charge in [0.2, 0.25) is 12.0 Å². The van der Waals surface area contributed by atoms with Crippen LogP contribution < -0.4 is 10.2 Å². The molecule has 8 atom stereocenters. The van der Waals surface area contributed by atoms with E-state index in [1.807, 2.05) is 66.7 Å². The van der Waals surface area contributed by atoms with Gasteiger partial charge in [-0.15, -0.1) is 0 Å². The van der Waals surface area contributed by atoms with E-state index in [4.69, 9.17) is 14.5 Å². The fraction of sp³-hybridized carbons (Fsp3) is 0.356. The number of nitrogens with zero attached hydrogens (tertiary/aromatic N) is 3. The number of anilines is 1. The van der Waals surface area contributed by atoms with Crippen molar-refractivity contribution in [3.8, 4) is 0 Å². The van der Waals surface area contributed by atoms with Crippen LogP contribution in [0.2, 0.25) is 0 Å². The number of carbonyl (C=O) groups excluding carboxylic acids is 2. The maximum Gasteiger partial charge on any atom is 0.316 e. The number of likely N-dealkylation sites (N-methyl/N-ethyl adjacent to an activating group) is 1. The Kier molecular flexibility index (Phi) is 9.02. The first-order valence-electron chi connectivity index (χ1n) is 19.6. The zero-order valence-electron chi connectivity index (χ0n) is 31.9. The molecule has 11 heteroatoms. The lowest BCUT2D eigenvalue weighted by Crippen LogP contribution is -2.58. The predicted octanol–water partition coefficient (Wildman–Crippen LogP) is 7.33. The van der Waals surface area contributed by atoms with E-state index < -0.39 is 51.7 Å². The Hall–Kier alpha value is -5.10. The van der Waals surface area contributed by atoms with Crippen molar-refractivity contribution in [2.45, 2.75) is 69.0 Å². The number of hydrogen-bond acceptors (Lipinski definition) is 8. The van der Waals surface area contributed by atoms with Gasteiger partial charge in [0.25, 0.3) is 15.9 Å². The highest BCUT2D eigenvalue weighted by Crippen LogP contribution is 2.55. The quantitative estimate of drug-likeness (QED) is 0.172. The molecule has 2 saturated heterocycles. The predicted molar refractivity (Wildman–Crippen MR) is 215 cm³/mol. The molecule has 1 N–H and O–H groups in total. The van der Waals surface area contributed by atoms with Crippen molar-refractivity contribution in [2.24, 2.45) is 34.6 Å². The second kappa shape index (κ2) is 13.8. The summed E-state index contributed by atoms with van der Waals surface area (Å²) in [7, 11) is -2.34. The minimum absolute atomic E-state index is 0.142. The molecular weight excluding hydrogens is 725 g/mol. The van der Waals surface area contributed by atoms with E-state index in [2.05, 4.69) is 26.1 Å². The lowest BCUT2D eigenvalue weighted by atomic mass is 9.75. The highest BCUT2D eigenvalue weighted by atomic mass is 32.2. The summed E-state index contributed by atoms with van der Waals surface area (Å²) in [6, 6.07) is 32.1. The first kappa shape index (κ1) is 36.5. The van der Waals surface area contributed by atoms with Crippen molar-refractivity contribution in [3.05, 3.63) is 132 Å². The molecule has 1 aromatic heterocycles. The Morgan fingerprint density at radius 2 is 1.57 bits per heavy atom. The van der Waals surface area contributed by atoms with Crippen LogP contribution in [0.4, 0.5) is 5.69 Å². The molecule has 4 aliphatic rings. The van der Waals surface area contributed by atoms with Crippen molar-refractivity contribution >= 4 is 44.2 Å². The first-order valence-corrected chi connectivity index (χ1v) is 21.0. The van der Waals surface area contributed by atoms with Gasteiger partial charge in [0, 0.05) is 35.8 Å². The first-order chi connectivity index (χ1) is 27.0. The Morgan fingerprint density at radius 1 is 0.893 bits per heavy atom. The second-order valence-electron chi connectivity index (χ2n) is 16.2. The molecule has 1 spiro atoms. The molecule has 4 heterocycles. The number of ether oxygens (including phenoxy) is 2. The van der Waals surface area contributed by atoms with Crippen molar-refractivity contribution < 1.29 is 27.5 Å². The maximum absolute atomic E-state index is 15.3. The lowest BCUT2D eigenvalue weighted by molar-refractivity contribution is -0.198. The molecule has 8 unspecified atom stereocenters. The number of rotatable bonds is 7. The molecule has 0 radical (unpaired) electrons. The summed E-state index contributed by atoms with van der Waals surface area (Å²) < 4.78 is 43.3. The van der Waals surface area contributed by atoms with Crippen LogP contribution in [0.5, 0.6) is 0 Å². The van der Waals surface area contributed by atoms with Gasteiger partial charge < -0.3 is 14.4 Å². The Balaban J connectivity index is 1.26. The molecule has 10 nitrogen and oxygen atoms in total. The molecule has 3 fully saturated rings. The number of para-hydroxylation sites is 2. The standard InChI is InChI=1S/C45H46N4O6S/c1-27(2)31-24-23-28(3)25-37(31)54-43-38-39(42(50)55-43)45(44(51)48(4)35-21-13-12-20-33(35)40(46-45)29-15-7-5-8-16-29)47-41(38)34-26-49(36-22-14-11-19-32(34)36)56(52,53)30-17-9-6-10-18-30/h5-22,26-28,31,37-39,41,43,47H,23-25H2,1-4H3. The van der Waals surface area contributed by atoms with Crippen LogP contribution in [-0.4, -0.2) is 55.1 Å². The highest BCUT2D eigenvalue weighted by molar-refractivity contribution is 7.90. The van der Waals surface area contributed by atoms with E-state index in [0.29, 0.717) is 39.7 Å². The van der Waals surface area contributed by atoms with Gasteiger partial charge in [-0.05, 0) is 60.4 Å². The Bertz CT molecular complexity index is 2470. The summed E-state index contributed by atoms with van der Waals surface area (Å²) in [5.41, 5.74) is 1.98. The van der Waals surface area contributed by atoms with Crippen LogP contribution in [-0.2, 0) is 29.1 Å². The van der Waals surface area contributed by atoms with E-state index >= 15 is 4.79 Å². The zero-order chi connectivity index (χ0) is 38.9. The monoisotopic (exact) mass is 770 g/mol. The average molecular weight is 771 g/mol. The molecule has 1 amide bonds. The topological polar surface area (TPSA) is 119 Å². The van der Waals surface area contributed by atoms with Crippen LogP contribution in [0, 0.1) is 29.6 Å². The molecule has 1 saturated carbocycles. The number of carbonyl (C=O) groups is 2. The maximum atomic E-state index is 15.3. The Labute approximate surface area is 327 Å². The van der Waals surface area contributed by atoms with Gasteiger partial charge in [0.05, 0.1) is 33.8 Å². The smallest absolute Gasteiger partial charge is 0.316 e. The molecule has 3 aliphatic heterocycles. The number of amides is 1. The van der Waals surface area contributed by atoms with E-state index in [9.17, 15) is 13.2 Å². The molecular formula is C45H46N4O6S. The largest absolute Gasteiger partial charge is 0.435 e. The van der Waals surface area contributed by atoms with Crippen LogP contribution in [0.3, 0.4) is 0 Å². The molecule has 56 heavy (non-hydrogen) atoms. The minimum atomic E-state index is -4.05. The molecule has 5 aromatic rings. The Morgan fingerprint density at radius 3 is 2.32 bits per heavy atom. The summed E-state index contributed by atoms with van der Waals surface area (Å²) in [6.07, 6.45) is 3.35. The number of esters is 1. The zero-order valence-corrected chi connectivity index (χ0v) is 32.7.